The molecule has 3 nitrogen and oxygen atoms in total. The predicted molar refractivity (Wildman–Crippen MR) is 73.7 cm³/mol. The first-order chi connectivity index (χ1) is 8.86. The van der Waals surface area contributed by atoms with E-state index >= 15 is 0 Å². The standard InChI is InChI=1S/C15H19N3/c1-16-8-7-14-10-15(18-17-14)13-6-5-11-3-2-4-12(11)9-13/h5-6,9-10,16H,2-4,7-8H2,1H3,(H,17,18). The second-order valence-electron chi connectivity index (χ2n) is 4.97. The highest BCUT2D eigenvalue weighted by Gasteiger charge is 2.12. The summed E-state index contributed by atoms with van der Waals surface area (Å²) in [7, 11) is 1.97. The van der Waals surface area contributed by atoms with Crippen molar-refractivity contribution in [2.45, 2.75) is 25.7 Å². The normalized spacial score (nSPS) is 13.8. The average molecular weight is 241 g/mol. The van der Waals surface area contributed by atoms with Crippen molar-refractivity contribution >= 4 is 0 Å². The van der Waals surface area contributed by atoms with E-state index in [-0.39, 0.29) is 0 Å². The van der Waals surface area contributed by atoms with Gasteiger partial charge in [-0.05, 0) is 49.6 Å². The predicted octanol–water partition coefficient (Wildman–Crippen LogP) is 2.33. The van der Waals surface area contributed by atoms with Gasteiger partial charge in [-0.2, -0.15) is 5.10 Å². The number of aromatic nitrogens is 2. The number of H-pyrrole nitrogens is 1. The van der Waals surface area contributed by atoms with Crippen LogP contribution in [0.1, 0.15) is 23.2 Å². The third-order valence-electron chi connectivity index (χ3n) is 3.67. The van der Waals surface area contributed by atoms with Crippen molar-refractivity contribution in [2.24, 2.45) is 0 Å². The summed E-state index contributed by atoms with van der Waals surface area (Å²) in [6, 6.07) is 8.93. The number of aryl methyl sites for hydroxylation is 2. The van der Waals surface area contributed by atoms with Crippen molar-refractivity contribution in [3.8, 4) is 11.3 Å². The number of aromatic amines is 1. The Morgan fingerprint density at radius 1 is 1.22 bits per heavy atom. The van der Waals surface area contributed by atoms with E-state index in [2.05, 4.69) is 39.8 Å². The number of hydrogen-bond acceptors (Lipinski definition) is 2. The molecular weight excluding hydrogens is 222 g/mol. The largest absolute Gasteiger partial charge is 0.319 e. The van der Waals surface area contributed by atoms with E-state index < -0.39 is 0 Å². The van der Waals surface area contributed by atoms with Crippen LogP contribution in [0.2, 0.25) is 0 Å². The zero-order chi connectivity index (χ0) is 12.4. The lowest BCUT2D eigenvalue weighted by molar-refractivity contribution is 0.772. The Hall–Kier alpha value is -1.61. The number of hydrogen-bond donors (Lipinski definition) is 2. The van der Waals surface area contributed by atoms with Crippen molar-refractivity contribution in [2.75, 3.05) is 13.6 Å². The molecule has 0 spiro atoms. The van der Waals surface area contributed by atoms with E-state index in [1.807, 2.05) is 7.05 Å². The van der Waals surface area contributed by atoms with Gasteiger partial charge in [0.1, 0.15) is 0 Å². The van der Waals surface area contributed by atoms with Crippen LogP contribution >= 0.6 is 0 Å². The summed E-state index contributed by atoms with van der Waals surface area (Å²) >= 11 is 0. The molecule has 94 valence electrons. The van der Waals surface area contributed by atoms with Crippen LogP contribution in [0.3, 0.4) is 0 Å². The third kappa shape index (κ3) is 2.18. The van der Waals surface area contributed by atoms with Gasteiger partial charge in [-0.3, -0.25) is 5.10 Å². The maximum Gasteiger partial charge on any atom is 0.0923 e. The Bertz CT molecular complexity index is 542. The van der Waals surface area contributed by atoms with E-state index in [1.54, 1.807) is 0 Å². The van der Waals surface area contributed by atoms with Crippen LogP contribution in [0.25, 0.3) is 11.3 Å². The molecule has 18 heavy (non-hydrogen) atoms. The highest BCUT2D eigenvalue weighted by atomic mass is 15.1. The first-order valence-electron chi connectivity index (χ1n) is 6.68. The third-order valence-corrected chi connectivity index (χ3v) is 3.67. The first kappa shape index (κ1) is 11.5. The van der Waals surface area contributed by atoms with Gasteiger partial charge in [0, 0.05) is 24.2 Å². The summed E-state index contributed by atoms with van der Waals surface area (Å²) in [4.78, 5) is 0. The quantitative estimate of drug-likeness (QED) is 0.862. The highest BCUT2D eigenvalue weighted by Crippen LogP contribution is 2.27. The maximum absolute atomic E-state index is 4.41. The molecule has 0 atom stereocenters. The molecule has 0 saturated heterocycles. The molecule has 0 unspecified atom stereocenters. The molecule has 0 amide bonds. The highest BCUT2D eigenvalue weighted by molar-refractivity contribution is 5.61. The zero-order valence-corrected chi connectivity index (χ0v) is 10.8. The smallest absolute Gasteiger partial charge is 0.0923 e. The van der Waals surface area contributed by atoms with Crippen LogP contribution in [-0.2, 0) is 19.3 Å². The minimum Gasteiger partial charge on any atom is -0.319 e. The fourth-order valence-corrected chi connectivity index (χ4v) is 2.63. The Balaban J connectivity index is 1.83. The number of rotatable bonds is 4. The van der Waals surface area contributed by atoms with Gasteiger partial charge in [0.2, 0.25) is 0 Å². The van der Waals surface area contributed by atoms with E-state index in [1.165, 1.54) is 41.6 Å². The van der Waals surface area contributed by atoms with Crippen molar-refractivity contribution in [3.05, 3.63) is 41.1 Å². The average Bonchev–Trinajstić information content (AvgIpc) is 3.04. The van der Waals surface area contributed by atoms with Crippen molar-refractivity contribution in [1.29, 1.82) is 0 Å². The Labute approximate surface area is 108 Å². The lowest BCUT2D eigenvalue weighted by Gasteiger charge is -2.01. The molecule has 0 saturated carbocycles. The van der Waals surface area contributed by atoms with E-state index in [0.29, 0.717) is 0 Å². The second kappa shape index (κ2) is 4.94. The number of nitrogens with zero attached hydrogens (tertiary/aromatic N) is 1. The topological polar surface area (TPSA) is 40.7 Å². The fraction of sp³-hybridized carbons (Fsp3) is 0.400. The molecule has 0 bridgehead atoms. The molecular formula is C15H19N3. The first-order valence-corrected chi connectivity index (χ1v) is 6.68. The van der Waals surface area contributed by atoms with Crippen LogP contribution in [0.15, 0.2) is 24.3 Å². The number of likely N-dealkylation sites (N-methyl/N-ethyl adjacent to an activating group) is 1. The maximum atomic E-state index is 4.41. The minimum absolute atomic E-state index is 0.978. The van der Waals surface area contributed by atoms with Gasteiger partial charge < -0.3 is 5.32 Å². The van der Waals surface area contributed by atoms with E-state index in [0.717, 1.165) is 18.7 Å². The lowest BCUT2D eigenvalue weighted by atomic mass is 10.0. The van der Waals surface area contributed by atoms with Crippen molar-refractivity contribution < 1.29 is 0 Å². The Morgan fingerprint density at radius 3 is 3.00 bits per heavy atom. The van der Waals surface area contributed by atoms with Gasteiger partial charge in [0.25, 0.3) is 0 Å². The summed E-state index contributed by atoms with van der Waals surface area (Å²) in [6.07, 6.45) is 4.75. The summed E-state index contributed by atoms with van der Waals surface area (Å²) < 4.78 is 0. The summed E-state index contributed by atoms with van der Waals surface area (Å²) in [5.74, 6) is 0. The summed E-state index contributed by atoms with van der Waals surface area (Å²) in [5, 5.41) is 10.7. The van der Waals surface area contributed by atoms with Gasteiger partial charge in [-0.25, -0.2) is 0 Å². The Kier molecular flexibility index (Phi) is 3.15. The monoisotopic (exact) mass is 241 g/mol. The number of nitrogens with one attached hydrogen (secondary N) is 2. The zero-order valence-electron chi connectivity index (χ0n) is 10.8. The summed E-state index contributed by atoms with van der Waals surface area (Å²) in [6.45, 7) is 0.978. The van der Waals surface area contributed by atoms with Crippen LogP contribution in [0.4, 0.5) is 0 Å². The number of fused-ring (bicyclic) bond motifs is 1. The summed E-state index contributed by atoms with van der Waals surface area (Å²) in [5.41, 5.74) is 6.52. The minimum atomic E-state index is 0.978. The van der Waals surface area contributed by atoms with Gasteiger partial charge in [0.05, 0.1) is 5.69 Å². The van der Waals surface area contributed by atoms with Gasteiger partial charge in [0.15, 0.2) is 0 Å². The molecule has 1 aromatic carbocycles. The molecule has 1 aliphatic carbocycles. The molecule has 3 rings (SSSR count). The van der Waals surface area contributed by atoms with Crippen molar-refractivity contribution in [1.82, 2.24) is 15.5 Å². The molecule has 0 radical (unpaired) electrons. The van der Waals surface area contributed by atoms with Gasteiger partial charge >= 0.3 is 0 Å². The van der Waals surface area contributed by atoms with Crippen molar-refractivity contribution in [3.63, 3.8) is 0 Å². The SMILES string of the molecule is CNCCc1cc(-c2ccc3c(c2)CCC3)n[nH]1. The fourth-order valence-electron chi connectivity index (χ4n) is 2.63. The molecule has 3 heteroatoms. The van der Waals surface area contributed by atoms with Crippen LogP contribution in [0.5, 0.6) is 0 Å². The molecule has 1 heterocycles. The number of benzene rings is 1. The molecule has 0 aliphatic heterocycles. The van der Waals surface area contributed by atoms with E-state index in [4.69, 9.17) is 0 Å². The van der Waals surface area contributed by atoms with E-state index in [9.17, 15) is 0 Å². The molecule has 1 aromatic heterocycles. The Morgan fingerprint density at radius 2 is 2.11 bits per heavy atom. The molecule has 0 fully saturated rings. The van der Waals surface area contributed by atoms with Gasteiger partial charge in [-0.1, -0.05) is 12.1 Å². The molecule has 2 N–H and O–H groups in total. The van der Waals surface area contributed by atoms with Crippen LogP contribution in [0, 0.1) is 0 Å². The van der Waals surface area contributed by atoms with Crippen LogP contribution in [-0.4, -0.2) is 23.8 Å². The van der Waals surface area contributed by atoms with Gasteiger partial charge in [-0.15, -0.1) is 0 Å². The lowest BCUT2D eigenvalue weighted by Crippen LogP contribution is -2.10. The molecule has 2 aromatic rings. The van der Waals surface area contributed by atoms with Crippen LogP contribution < -0.4 is 5.32 Å². The second-order valence-corrected chi connectivity index (χ2v) is 4.97. The molecule has 1 aliphatic rings.